The van der Waals surface area contributed by atoms with Crippen molar-refractivity contribution in [1.82, 2.24) is 0 Å². The van der Waals surface area contributed by atoms with E-state index in [0.717, 1.165) is 19.3 Å². The fourth-order valence-corrected chi connectivity index (χ4v) is 2.57. The minimum absolute atomic E-state index is 0.0104. The largest absolute Gasteiger partial charge is 0.198 e. The summed E-state index contributed by atoms with van der Waals surface area (Å²) in [5.74, 6) is 0. The summed E-state index contributed by atoms with van der Waals surface area (Å²) in [6.45, 7) is 6.71. The molecular formula is C12H21N. The topological polar surface area (TPSA) is 23.8 Å². The second-order valence-electron chi connectivity index (χ2n) is 5.69. The van der Waals surface area contributed by atoms with Crippen molar-refractivity contribution in [3.05, 3.63) is 0 Å². The predicted octanol–water partition coefficient (Wildman–Crippen LogP) is 3.90. The molecule has 0 unspecified atom stereocenters. The zero-order valence-electron chi connectivity index (χ0n) is 9.19. The average Bonchev–Trinajstić information content (AvgIpc) is 2.03. The van der Waals surface area contributed by atoms with E-state index in [1.54, 1.807) is 0 Å². The highest BCUT2D eigenvalue weighted by molar-refractivity contribution is 5.02. The molecular weight excluding hydrogens is 158 g/mol. The standard InChI is InChI=1S/C12H21N/c1-11(2,3)9-12(10-13)7-5-4-6-8-12/h4-9H2,1-3H3. The molecule has 0 N–H and O–H groups in total. The maximum Gasteiger partial charge on any atom is 0.0689 e. The van der Waals surface area contributed by atoms with Gasteiger partial charge in [-0.1, -0.05) is 40.0 Å². The molecule has 1 aliphatic carbocycles. The van der Waals surface area contributed by atoms with Crippen LogP contribution in [0.5, 0.6) is 0 Å². The quantitative estimate of drug-likeness (QED) is 0.599. The van der Waals surface area contributed by atoms with E-state index in [2.05, 4.69) is 26.8 Å². The molecule has 1 saturated carbocycles. The van der Waals surface area contributed by atoms with Gasteiger partial charge in [0.05, 0.1) is 11.5 Å². The third-order valence-electron chi connectivity index (χ3n) is 2.92. The Balaban J connectivity index is 2.65. The molecule has 0 atom stereocenters. The molecule has 0 aromatic heterocycles. The van der Waals surface area contributed by atoms with Crippen molar-refractivity contribution in [2.75, 3.05) is 0 Å². The Morgan fingerprint density at radius 3 is 2.08 bits per heavy atom. The molecule has 1 fully saturated rings. The van der Waals surface area contributed by atoms with Crippen molar-refractivity contribution in [1.29, 1.82) is 5.26 Å². The zero-order chi connectivity index (χ0) is 9.95. The van der Waals surface area contributed by atoms with Crippen LogP contribution in [0.3, 0.4) is 0 Å². The van der Waals surface area contributed by atoms with Gasteiger partial charge in [0.15, 0.2) is 0 Å². The lowest BCUT2D eigenvalue weighted by molar-refractivity contribution is 0.173. The average molecular weight is 179 g/mol. The molecule has 0 bridgehead atoms. The lowest BCUT2D eigenvalue weighted by Gasteiger charge is -2.36. The van der Waals surface area contributed by atoms with Crippen molar-refractivity contribution in [3.63, 3.8) is 0 Å². The van der Waals surface area contributed by atoms with Crippen LogP contribution in [0.25, 0.3) is 0 Å². The van der Waals surface area contributed by atoms with Gasteiger partial charge in [-0.25, -0.2) is 0 Å². The molecule has 1 aliphatic rings. The first-order valence-corrected chi connectivity index (χ1v) is 5.39. The van der Waals surface area contributed by atoms with Gasteiger partial charge in [-0.05, 0) is 24.7 Å². The van der Waals surface area contributed by atoms with Gasteiger partial charge in [-0.3, -0.25) is 0 Å². The van der Waals surface area contributed by atoms with E-state index in [-0.39, 0.29) is 5.41 Å². The van der Waals surface area contributed by atoms with E-state index in [1.807, 2.05) is 0 Å². The van der Waals surface area contributed by atoms with Crippen LogP contribution in [0.2, 0.25) is 0 Å². The third-order valence-corrected chi connectivity index (χ3v) is 2.92. The highest BCUT2D eigenvalue weighted by Gasteiger charge is 2.35. The Bertz CT molecular complexity index is 198. The van der Waals surface area contributed by atoms with E-state index < -0.39 is 0 Å². The molecule has 0 spiro atoms. The number of rotatable bonds is 1. The first kappa shape index (κ1) is 10.6. The number of hydrogen-bond donors (Lipinski definition) is 0. The SMILES string of the molecule is CC(C)(C)CC1(C#N)CCCCC1. The summed E-state index contributed by atoms with van der Waals surface area (Å²) in [7, 11) is 0. The summed E-state index contributed by atoms with van der Waals surface area (Å²) in [5, 5.41) is 9.25. The summed E-state index contributed by atoms with van der Waals surface area (Å²) >= 11 is 0. The Morgan fingerprint density at radius 1 is 1.15 bits per heavy atom. The Kier molecular flexibility index (Phi) is 3.01. The van der Waals surface area contributed by atoms with E-state index >= 15 is 0 Å². The number of nitrogens with zero attached hydrogens (tertiary/aromatic N) is 1. The van der Waals surface area contributed by atoms with Crippen molar-refractivity contribution in [3.8, 4) is 6.07 Å². The van der Waals surface area contributed by atoms with E-state index in [4.69, 9.17) is 0 Å². The molecule has 74 valence electrons. The second-order valence-corrected chi connectivity index (χ2v) is 5.69. The summed E-state index contributed by atoms with van der Waals surface area (Å²) in [6.07, 6.45) is 7.15. The minimum atomic E-state index is 0.0104. The summed E-state index contributed by atoms with van der Waals surface area (Å²) < 4.78 is 0. The van der Waals surface area contributed by atoms with Crippen LogP contribution in [0.4, 0.5) is 0 Å². The lowest BCUT2D eigenvalue weighted by Crippen LogP contribution is -2.27. The fraction of sp³-hybridized carbons (Fsp3) is 0.917. The molecule has 0 amide bonds. The molecule has 0 aliphatic heterocycles. The molecule has 0 radical (unpaired) electrons. The van der Waals surface area contributed by atoms with Crippen molar-refractivity contribution < 1.29 is 0 Å². The Morgan fingerprint density at radius 2 is 1.69 bits per heavy atom. The van der Waals surface area contributed by atoms with Crippen molar-refractivity contribution >= 4 is 0 Å². The highest BCUT2D eigenvalue weighted by Crippen LogP contribution is 2.44. The van der Waals surface area contributed by atoms with Gasteiger partial charge in [0.25, 0.3) is 0 Å². The summed E-state index contributed by atoms with van der Waals surface area (Å²) in [4.78, 5) is 0. The summed E-state index contributed by atoms with van der Waals surface area (Å²) in [5.41, 5.74) is 0.309. The van der Waals surface area contributed by atoms with Crippen LogP contribution < -0.4 is 0 Å². The molecule has 1 nitrogen and oxygen atoms in total. The van der Waals surface area contributed by atoms with Crippen LogP contribution >= 0.6 is 0 Å². The van der Waals surface area contributed by atoms with Gasteiger partial charge >= 0.3 is 0 Å². The Labute approximate surface area is 82.1 Å². The highest BCUT2D eigenvalue weighted by atomic mass is 14.4. The second kappa shape index (κ2) is 3.70. The molecule has 0 aromatic rings. The van der Waals surface area contributed by atoms with Gasteiger partial charge in [0.1, 0.15) is 0 Å². The van der Waals surface area contributed by atoms with Crippen LogP contribution in [0.15, 0.2) is 0 Å². The van der Waals surface area contributed by atoms with E-state index in [1.165, 1.54) is 19.3 Å². The van der Waals surface area contributed by atoms with E-state index in [0.29, 0.717) is 5.41 Å². The van der Waals surface area contributed by atoms with E-state index in [9.17, 15) is 5.26 Å². The maximum absolute atomic E-state index is 9.25. The molecule has 0 heterocycles. The van der Waals surface area contributed by atoms with Gasteiger partial charge in [-0.2, -0.15) is 5.26 Å². The van der Waals surface area contributed by atoms with Crippen molar-refractivity contribution in [2.45, 2.75) is 59.3 Å². The molecule has 0 aromatic carbocycles. The monoisotopic (exact) mass is 179 g/mol. The normalized spacial score (nSPS) is 22.3. The van der Waals surface area contributed by atoms with Crippen molar-refractivity contribution in [2.24, 2.45) is 10.8 Å². The van der Waals surface area contributed by atoms with Crippen LogP contribution in [0, 0.1) is 22.2 Å². The van der Waals surface area contributed by atoms with Crippen LogP contribution in [-0.2, 0) is 0 Å². The minimum Gasteiger partial charge on any atom is -0.198 e. The van der Waals surface area contributed by atoms with Gasteiger partial charge in [-0.15, -0.1) is 0 Å². The molecule has 13 heavy (non-hydrogen) atoms. The third kappa shape index (κ3) is 3.03. The van der Waals surface area contributed by atoms with Gasteiger partial charge in [0, 0.05) is 0 Å². The van der Waals surface area contributed by atoms with Gasteiger partial charge < -0.3 is 0 Å². The van der Waals surface area contributed by atoms with Gasteiger partial charge in [0.2, 0.25) is 0 Å². The molecule has 1 rings (SSSR count). The van der Waals surface area contributed by atoms with Crippen LogP contribution in [0.1, 0.15) is 59.3 Å². The number of hydrogen-bond acceptors (Lipinski definition) is 1. The first-order valence-electron chi connectivity index (χ1n) is 5.39. The lowest BCUT2D eigenvalue weighted by atomic mass is 9.67. The molecule has 0 saturated heterocycles. The zero-order valence-corrected chi connectivity index (χ0v) is 9.19. The maximum atomic E-state index is 9.25. The van der Waals surface area contributed by atoms with Crippen LogP contribution in [-0.4, -0.2) is 0 Å². The smallest absolute Gasteiger partial charge is 0.0689 e. The predicted molar refractivity (Wildman–Crippen MR) is 55.2 cm³/mol. The molecule has 1 heteroatoms. The first-order chi connectivity index (χ1) is 5.97. The fourth-order valence-electron chi connectivity index (χ4n) is 2.57. The number of nitriles is 1. The Hall–Kier alpha value is -0.510. The summed E-state index contributed by atoms with van der Waals surface area (Å²) in [6, 6.07) is 2.57.